The van der Waals surface area contributed by atoms with Gasteiger partial charge < -0.3 is 4.74 Å². The molecule has 2 aliphatic heterocycles. The number of alkyl halides is 3. The van der Waals surface area contributed by atoms with Gasteiger partial charge in [0.1, 0.15) is 30.6 Å². The molecule has 1 aromatic heterocycles. The van der Waals surface area contributed by atoms with Crippen LogP contribution >= 0.6 is 8.17 Å². The van der Waals surface area contributed by atoms with Crippen LogP contribution in [0.4, 0.5) is 13.2 Å². The fourth-order valence-electron chi connectivity index (χ4n) is 2.41. The number of ether oxygens (including phenoxy) is 1. The molecule has 3 atom stereocenters. The molecule has 0 aromatic carbocycles. The number of halogens is 3. The van der Waals surface area contributed by atoms with Crippen LogP contribution in [0.25, 0.3) is 0 Å². The number of rotatable bonds is 1. The predicted octanol–water partition coefficient (Wildman–Crippen LogP) is -0.0795. The van der Waals surface area contributed by atoms with Crippen molar-refractivity contribution in [2.24, 2.45) is 0 Å². The minimum Gasteiger partial charge on any atom is -0.349 e. The smallest absolute Gasteiger partial charge is 0.349 e. The molecule has 0 unspecified atom stereocenters. The van der Waals surface area contributed by atoms with Crippen molar-refractivity contribution in [3.05, 3.63) is 32.6 Å². The van der Waals surface area contributed by atoms with Crippen LogP contribution in [-0.4, -0.2) is 38.2 Å². The van der Waals surface area contributed by atoms with Crippen molar-refractivity contribution in [2.75, 3.05) is 6.61 Å². The maximum atomic E-state index is 12.8. The van der Waals surface area contributed by atoms with Crippen LogP contribution in [-0.2, 0) is 20.0 Å². The molecule has 2 saturated heterocycles. The minimum absolute atomic E-state index is 0.111. The first-order valence-corrected chi connectivity index (χ1v) is 7.85. The van der Waals surface area contributed by atoms with Crippen LogP contribution in [0.5, 0.6) is 0 Å². The van der Waals surface area contributed by atoms with Crippen LogP contribution in [0, 0.1) is 0 Å². The number of fused-ring (bicyclic) bond motifs is 1. The van der Waals surface area contributed by atoms with Gasteiger partial charge in [0, 0.05) is 12.6 Å². The average molecular weight is 359 g/mol. The zero-order chi connectivity index (χ0) is 17.0. The quantitative estimate of drug-likeness (QED) is 0.600. The van der Waals surface area contributed by atoms with E-state index in [0.717, 1.165) is 0 Å². The van der Waals surface area contributed by atoms with Gasteiger partial charge in [-0.25, -0.2) is 4.79 Å². The van der Waals surface area contributed by atoms with Crippen LogP contribution in [0.2, 0.25) is 0 Å². The van der Waals surface area contributed by atoms with Gasteiger partial charge >= 0.3 is 20.0 Å². The Morgan fingerprint density at radius 1 is 1.30 bits per heavy atom. The summed E-state index contributed by atoms with van der Waals surface area (Å²) in [5.74, 6) is 0. The Kier molecular flexibility index (Phi) is 3.86. The molecule has 0 aliphatic carbocycles. The second kappa shape index (κ2) is 5.36. The molecule has 3 rings (SSSR count). The summed E-state index contributed by atoms with van der Waals surface area (Å²) < 4.78 is 53.7. The van der Waals surface area contributed by atoms with E-state index in [0.29, 0.717) is 10.8 Å². The molecule has 3 heterocycles. The Labute approximate surface area is 125 Å². The van der Waals surface area contributed by atoms with Crippen molar-refractivity contribution < 1.29 is 36.7 Å². The van der Waals surface area contributed by atoms with Crippen LogP contribution < -0.4 is 11.2 Å². The van der Waals surface area contributed by atoms with Gasteiger partial charge in [-0.15, -0.1) is 4.52 Å². The number of aromatic amines is 1. The molecule has 9 nitrogen and oxygen atoms in total. The van der Waals surface area contributed by atoms with Crippen molar-refractivity contribution >= 4 is 8.17 Å². The van der Waals surface area contributed by atoms with E-state index in [1.54, 1.807) is 4.98 Å². The highest BCUT2D eigenvalue weighted by Crippen LogP contribution is 2.58. The third-order valence-electron chi connectivity index (χ3n) is 3.44. The minimum atomic E-state index is -4.94. The molecule has 0 spiro atoms. The summed E-state index contributed by atoms with van der Waals surface area (Å²) in [6.45, 7) is -0.244. The number of hydrogen-bond acceptors (Lipinski definition) is 7. The van der Waals surface area contributed by atoms with Crippen LogP contribution in [0.3, 0.4) is 0 Å². The molecule has 0 bridgehead atoms. The van der Waals surface area contributed by atoms with E-state index >= 15 is 0 Å². The number of hydrogen-bond donors (Lipinski definition) is 3. The monoisotopic (exact) mass is 359 g/mol. The van der Waals surface area contributed by atoms with Crippen molar-refractivity contribution in [3.8, 4) is 0 Å². The van der Waals surface area contributed by atoms with E-state index in [9.17, 15) is 32.5 Å². The number of nitrogens with one attached hydrogen (secondary N) is 1. The molecule has 1 aromatic rings. The molecule has 2 aliphatic rings. The van der Waals surface area contributed by atoms with Crippen molar-refractivity contribution in [1.29, 1.82) is 0 Å². The average Bonchev–Trinajstić information content (AvgIpc) is 2.78. The Bertz CT molecular complexity index is 730. The SMILES string of the molecule is O=c1[nH]c(=O)n([C@H]2C[C@@H]3O[P+](O)(O)OC[C@H]3O2)cc1C(F)(F)F. The summed E-state index contributed by atoms with van der Waals surface area (Å²) in [4.78, 5) is 43.2. The lowest BCUT2D eigenvalue weighted by Gasteiger charge is -2.23. The summed E-state index contributed by atoms with van der Waals surface area (Å²) in [5.41, 5.74) is -4.18. The Morgan fingerprint density at radius 3 is 2.65 bits per heavy atom. The molecule has 0 radical (unpaired) electrons. The zero-order valence-corrected chi connectivity index (χ0v) is 12.1. The van der Waals surface area contributed by atoms with Gasteiger partial charge in [-0.3, -0.25) is 14.3 Å². The van der Waals surface area contributed by atoms with Crippen molar-refractivity contribution in [1.82, 2.24) is 9.55 Å². The Hall–Kier alpha value is -1.30. The summed E-state index contributed by atoms with van der Waals surface area (Å²) in [6, 6.07) is 0. The molecule has 2 fully saturated rings. The van der Waals surface area contributed by atoms with E-state index in [-0.39, 0.29) is 13.0 Å². The number of aromatic nitrogens is 2. The number of H-pyrrole nitrogens is 1. The summed E-state index contributed by atoms with van der Waals surface area (Å²) >= 11 is 0. The van der Waals surface area contributed by atoms with E-state index in [1.807, 2.05) is 0 Å². The summed E-state index contributed by atoms with van der Waals surface area (Å²) in [5, 5.41) is 0. The highest BCUT2D eigenvalue weighted by Gasteiger charge is 2.55. The van der Waals surface area contributed by atoms with E-state index in [2.05, 4.69) is 4.52 Å². The maximum absolute atomic E-state index is 12.8. The zero-order valence-electron chi connectivity index (χ0n) is 11.2. The van der Waals surface area contributed by atoms with Gasteiger partial charge in [0.05, 0.1) is 0 Å². The summed E-state index contributed by atoms with van der Waals surface area (Å²) in [6.07, 6.45) is -7.49. The highest BCUT2D eigenvalue weighted by atomic mass is 31.2. The lowest BCUT2D eigenvalue weighted by molar-refractivity contribution is -0.139. The van der Waals surface area contributed by atoms with Gasteiger partial charge in [0.15, 0.2) is 0 Å². The second-order valence-electron chi connectivity index (χ2n) is 5.00. The van der Waals surface area contributed by atoms with E-state index in [1.165, 1.54) is 0 Å². The lowest BCUT2D eigenvalue weighted by atomic mass is 10.2. The van der Waals surface area contributed by atoms with Crippen LogP contribution in [0.15, 0.2) is 15.8 Å². The fourth-order valence-corrected chi connectivity index (χ4v) is 3.39. The van der Waals surface area contributed by atoms with Gasteiger partial charge in [-0.1, -0.05) is 0 Å². The third-order valence-corrected chi connectivity index (χ3v) is 4.47. The molecule has 13 heteroatoms. The maximum Gasteiger partial charge on any atom is 0.570 e. The highest BCUT2D eigenvalue weighted by molar-refractivity contribution is 7.54. The first-order chi connectivity index (χ1) is 10.6. The second-order valence-corrected chi connectivity index (χ2v) is 6.45. The number of nitrogens with zero attached hydrogens (tertiary/aromatic N) is 1. The summed E-state index contributed by atoms with van der Waals surface area (Å²) in [7, 11) is -3.99. The normalized spacial score (nSPS) is 30.2. The Morgan fingerprint density at radius 2 is 2.00 bits per heavy atom. The lowest BCUT2D eigenvalue weighted by Crippen LogP contribution is -2.36. The van der Waals surface area contributed by atoms with Gasteiger partial charge in [-0.05, 0) is 0 Å². The molecule has 128 valence electrons. The molecule has 0 amide bonds. The van der Waals surface area contributed by atoms with E-state index in [4.69, 9.17) is 9.26 Å². The van der Waals surface area contributed by atoms with Crippen LogP contribution in [0.1, 0.15) is 18.2 Å². The molecule has 0 saturated carbocycles. The fraction of sp³-hybridized carbons (Fsp3) is 0.600. The van der Waals surface area contributed by atoms with Crippen molar-refractivity contribution in [3.63, 3.8) is 0 Å². The van der Waals surface area contributed by atoms with Crippen molar-refractivity contribution in [2.45, 2.75) is 31.0 Å². The standard InChI is InChI=1S/C10H10F3N2O7P/c11-10(12,13)4-2-15(9(17)14-8(4)16)7-1-5-6(21-7)3-20-23(18,19)22-5/h2,5-7,18-19H,1,3H2/p+1/t5-,6+,7+/m0/s1. The van der Waals surface area contributed by atoms with Gasteiger partial charge in [-0.2, -0.15) is 27.5 Å². The topological polar surface area (TPSA) is 123 Å². The molecular formula is C10H11F3N2O7P+. The van der Waals surface area contributed by atoms with Gasteiger partial charge in [0.25, 0.3) is 5.56 Å². The first-order valence-electron chi connectivity index (χ1n) is 6.32. The molecule has 23 heavy (non-hydrogen) atoms. The Balaban J connectivity index is 1.92. The third kappa shape index (κ3) is 3.18. The molecule has 3 N–H and O–H groups in total. The largest absolute Gasteiger partial charge is 0.570 e. The predicted molar refractivity (Wildman–Crippen MR) is 67.0 cm³/mol. The van der Waals surface area contributed by atoms with Gasteiger partial charge in [0.2, 0.25) is 0 Å². The first kappa shape index (κ1) is 16.6. The van der Waals surface area contributed by atoms with E-state index < -0.39 is 49.6 Å². The molecular weight excluding hydrogens is 348 g/mol.